The zero-order valence-corrected chi connectivity index (χ0v) is 11.8. The Morgan fingerprint density at radius 1 is 1.33 bits per heavy atom. The van der Waals surface area contributed by atoms with Gasteiger partial charge in [0.1, 0.15) is 0 Å². The second-order valence-electron chi connectivity index (χ2n) is 5.91. The third kappa shape index (κ3) is 3.70. The first-order valence-electron chi connectivity index (χ1n) is 6.27. The van der Waals surface area contributed by atoms with Crippen LogP contribution in [0.25, 0.3) is 0 Å². The summed E-state index contributed by atoms with van der Waals surface area (Å²) >= 11 is 0. The molecule has 0 aliphatic heterocycles. The van der Waals surface area contributed by atoms with E-state index in [2.05, 4.69) is 27.7 Å². The molecule has 0 aliphatic rings. The summed E-state index contributed by atoms with van der Waals surface area (Å²) in [5.41, 5.74) is 0.732. The highest BCUT2D eigenvalue weighted by molar-refractivity contribution is 5.30. The maximum atomic E-state index is 13.5. The number of hydrogen-bond donors (Lipinski definition) is 1. The molecule has 0 heterocycles. The maximum absolute atomic E-state index is 13.5. The third-order valence-electron chi connectivity index (χ3n) is 3.62. The minimum Gasteiger partial charge on any atom is -0.494 e. The molecule has 0 spiro atoms. The van der Waals surface area contributed by atoms with Gasteiger partial charge in [-0.25, -0.2) is 4.39 Å². The van der Waals surface area contributed by atoms with Crippen molar-refractivity contribution in [3.63, 3.8) is 0 Å². The lowest BCUT2D eigenvalue weighted by molar-refractivity contribution is 0.110. The molecule has 3 heteroatoms. The molecule has 1 aromatic rings. The Morgan fingerprint density at radius 2 is 1.94 bits per heavy atom. The van der Waals surface area contributed by atoms with Crippen LogP contribution in [0.4, 0.5) is 4.39 Å². The predicted octanol–water partition coefficient (Wildman–Crippen LogP) is 3.94. The highest BCUT2D eigenvalue weighted by Crippen LogP contribution is 2.34. The normalized spacial score (nSPS) is 15.3. The molecule has 0 saturated carbocycles. The molecule has 0 amide bonds. The summed E-state index contributed by atoms with van der Waals surface area (Å²) < 4.78 is 18.4. The van der Waals surface area contributed by atoms with Crippen molar-refractivity contribution in [3.8, 4) is 5.75 Å². The van der Waals surface area contributed by atoms with Crippen LogP contribution in [0.15, 0.2) is 18.2 Å². The van der Waals surface area contributed by atoms with Gasteiger partial charge in [0.2, 0.25) is 0 Å². The molecule has 18 heavy (non-hydrogen) atoms. The topological polar surface area (TPSA) is 29.5 Å². The fourth-order valence-electron chi connectivity index (χ4n) is 1.71. The van der Waals surface area contributed by atoms with Gasteiger partial charge in [-0.05, 0) is 35.4 Å². The number of aliphatic hydroxyl groups excluding tert-OH is 1. The Bertz CT molecular complexity index is 396. The van der Waals surface area contributed by atoms with E-state index in [1.807, 2.05) is 0 Å². The molecule has 0 saturated heterocycles. The van der Waals surface area contributed by atoms with E-state index in [1.54, 1.807) is 12.1 Å². The second kappa shape index (κ2) is 5.70. The van der Waals surface area contributed by atoms with E-state index in [0.29, 0.717) is 17.9 Å². The number of hydrogen-bond acceptors (Lipinski definition) is 2. The molecule has 102 valence electrons. The van der Waals surface area contributed by atoms with Gasteiger partial charge in [0.15, 0.2) is 11.6 Å². The zero-order chi connectivity index (χ0) is 13.9. The van der Waals surface area contributed by atoms with Crippen molar-refractivity contribution in [1.82, 2.24) is 0 Å². The van der Waals surface area contributed by atoms with Crippen molar-refractivity contribution in [1.29, 1.82) is 0 Å². The lowest BCUT2D eigenvalue weighted by Gasteiger charge is -2.29. The molecule has 2 atom stereocenters. The van der Waals surface area contributed by atoms with Gasteiger partial charge in [0, 0.05) is 0 Å². The molecule has 0 radical (unpaired) electrons. The first-order chi connectivity index (χ1) is 8.25. The van der Waals surface area contributed by atoms with E-state index >= 15 is 0 Å². The van der Waals surface area contributed by atoms with Crippen molar-refractivity contribution < 1.29 is 14.2 Å². The smallest absolute Gasteiger partial charge is 0.165 e. The average Bonchev–Trinajstić information content (AvgIpc) is 2.27. The monoisotopic (exact) mass is 254 g/mol. The van der Waals surface area contributed by atoms with Crippen molar-refractivity contribution >= 4 is 0 Å². The molecular formula is C15H23FO2. The number of methoxy groups -OCH3 is 1. The first-order valence-corrected chi connectivity index (χ1v) is 6.27. The summed E-state index contributed by atoms with van der Waals surface area (Å²) in [6.07, 6.45) is -0.0189. The predicted molar refractivity (Wildman–Crippen MR) is 71.1 cm³/mol. The van der Waals surface area contributed by atoms with Crippen molar-refractivity contribution in [2.24, 2.45) is 11.3 Å². The molecule has 0 aromatic heterocycles. The molecule has 1 N–H and O–H groups in total. The highest BCUT2D eigenvalue weighted by atomic mass is 19.1. The average molecular weight is 254 g/mol. The van der Waals surface area contributed by atoms with Crippen LogP contribution in [0.5, 0.6) is 5.75 Å². The lowest BCUT2D eigenvalue weighted by Crippen LogP contribution is -2.19. The van der Waals surface area contributed by atoms with Gasteiger partial charge < -0.3 is 9.84 Å². The fraction of sp³-hybridized carbons (Fsp3) is 0.600. The molecule has 0 bridgehead atoms. The number of ether oxygens (including phenoxy) is 1. The van der Waals surface area contributed by atoms with Gasteiger partial charge in [-0.2, -0.15) is 0 Å². The number of benzene rings is 1. The Balaban J connectivity index is 2.79. The van der Waals surface area contributed by atoms with E-state index in [9.17, 15) is 9.50 Å². The summed E-state index contributed by atoms with van der Waals surface area (Å²) in [4.78, 5) is 0. The maximum Gasteiger partial charge on any atom is 0.165 e. The van der Waals surface area contributed by atoms with Crippen LogP contribution in [-0.4, -0.2) is 12.2 Å². The van der Waals surface area contributed by atoms with E-state index < -0.39 is 11.9 Å². The molecule has 2 unspecified atom stereocenters. The first kappa shape index (κ1) is 15.0. The number of aliphatic hydroxyl groups is 1. The van der Waals surface area contributed by atoms with Crippen LogP contribution in [0.2, 0.25) is 0 Å². The van der Waals surface area contributed by atoms with Crippen molar-refractivity contribution in [3.05, 3.63) is 29.6 Å². The Labute approximate surface area is 109 Å². The summed E-state index contributed by atoms with van der Waals surface area (Å²) in [6, 6.07) is 4.61. The minimum absolute atomic E-state index is 0.131. The van der Waals surface area contributed by atoms with Crippen LogP contribution in [0, 0.1) is 17.2 Å². The van der Waals surface area contributed by atoms with Gasteiger partial charge in [-0.3, -0.25) is 0 Å². The molecule has 1 rings (SSSR count). The van der Waals surface area contributed by atoms with Gasteiger partial charge in [0.05, 0.1) is 13.2 Å². The van der Waals surface area contributed by atoms with Gasteiger partial charge in [-0.15, -0.1) is 0 Å². The highest BCUT2D eigenvalue weighted by Gasteiger charge is 2.23. The number of halogens is 1. The zero-order valence-electron chi connectivity index (χ0n) is 11.8. The minimum atomic E-state index is -0.639. The number of rotatable bonds is 4. The van der Waals surface area contributed by atoms with Crippen molar-refractivity contribution in [2.75, 3.05) is 7.11 Å². The van der Waals surface area contributed by atoms with Crippen LogP contribution >= 0.6 is 0 Å². The summed E-state index contributed by atoms with van der Waals surface area (Å²) in [5.74, 6) is 0.116. The van der Waals surface area contributed by atoms with Gasteiger partial charge in [0.25, 0.3) is 0 Å². The van der Waals surface area contributed by atoms with Crippen LogP contribution in [-0.2, 0) is 0 Å². The largest absolute Gasteiger partial charge is 0.494 e. The van der Waals surface area contributed by atoms with E-state index in [0.717, 1.165) is 0 Å². The van der Waals surface area contributed by atoms with Crippen LogP contribution in [0.3, 0.4) is 0 Å². The summed E-state index contributed by atoms with van der Waals surface area (Å²) in [5, 5.41) is 10.1. The van der Waals surface area contributed by atoms with Crippen LogP contribution in [0.1, 0.15) is 45.8 Å². The van der Waals surface area contributed by atoms with E-state index in [-0.39, 0.29) is 11.2 Å². The second-order valence-corrected chi connectivity index (χ2v) is 5.91. The Hall–Kier alpha value is -1.09. The van der Waals surface area contributed by atoms with E-state index in [1.165, 1.54) is 13.2 Å². The Morgan fingerprint density at radius 3 is 2.39 bits per heavy atom. The van der Waals surface area contributed by atoms with E-state index in [4.69, 9.17) is 4.74 Å². The lowest BCUT2D eigenvalue weighted by atomic mass is 9.78. The van der Waals surface area contributed by atoms with Gasteiger partial charge >= 0.3 is 0 Å². The molecular weight excluding hydrogens is 231 g/mol. The summed E-state index contributed by atoms with van der Waals surface area (Å²) in [7, 11) is 1.43. The molecule has 0 fully saturated rings. The fourth-order valence-corrected chi connectivity index (χ4v) is 1.71. The molecule has 1 aromatic carbocycles. The van der Waals surface area contributed by atoms with Crippen LogP contribution < -0.4 is 4.74 Å². The van der Waals surface area contributed by atoms with Gasteiger partial charge in [-0.1, -0.05) is 33.8 Å². The van der Waals surface area contributed by atoms with Crippen molar-refractivity contribution in [2.45, 2.75) is 40.2 Å². The standard InChI is InChI=1S/C15H23FO2/c1-10(15(2,3)4)8-13(17)11-6-7-14(18-5)12(16)9-11/h6-7,9-10,13,17H,8H2,1-5H3. The third-order valence-corrected chi connectivity index (χ3v) is 3.62. The SMILES string of the molecule is COc1ccc(C(O)CC(C)C(C)(C)C)cc1F. The summed E-state index contributed by atoms with van der Waals surface area (Å²) in [6.45, 7) is 8.51. The Kier molecular flexibility index (Phi) is 4.74. The quantitative estimate of drug-likeness (QED) is 0.881. The molecule has 2 nitrogen and oxygen atoms in total. The molecule has 0 aliphatic carbocycles.